The van der Waals surface area contributed by atoms with E-state index in [0.717, 1.165) is 18.9 Å². The van der Waals surface area contributed by atoms with Crippen LogP contribution in [0.1, 0.15) is 101 Å². The average molecular weight is 730 g/mol. The predicted octanol–water partition coefficient (Wildman–Crippen LogP) is 5.20. The molecule has 13 nitrogen and oxygen atoms in total. The largest absolute Gasteiger partial charge is 0.492 e. The van der Waals surface area contributed by atoms with Crippen molar-refractivity contribution in [1.82, 2.24) is 20.1 Å². The molecule has 3 fully saturated rings. The van der Waals surface area contributed by atoms with E-state index in [9.17, 15) is 29.1 Å². The van der Waals surface area contributed by atoms with E-state index in [4.69, 9.17) is 9.47 Å². The summed E-state index contributed by atoms with van der Waals surface area (Å²) in [5.74, 6) is -3.23. The summed E-state index contributed by atoms with van der Waals surface area (Å²) in [6, 6.07) is 0.286. The first-order valence-corrected chi connectivity index (χ1v) is 18.0. The molecule has 3 aliphatic rings. The first kappa shape index (κ1) is 38.5. The van der Waals surface area contributed by atoms with Crippen molar-refractivity contribution < 1.29 is 42.5 Å². The van der Waals surface area contributed by atoms with Crippen LogP contribution in [-0.2, 0) is 14.3 Å². The number of aromatic nitrogens is 1. The number of carbonyl (C=O) groups excluding carboxylic acids is 3. The molecule has 5 rings (SSSR count). The van der Waals surface area contributed by atoms with Crippen LogP contribution in [0.25, 0.3) is 10.9 Å². The van der Waals surface area contributed by atoms with E-state index in [1.807, 2.05) is 0 Å². The molecule has 15 heteroatoms. The van der Waals surface area contributed by atoms with E-state index < -0.39 is 52.2 Å². The summed E-state index contributed by atoms with van der Waals surface area (Å²) >= 11 is 0. The highest BCUT2D eigenvalue weighted by molar-refractivity contribution is 5.97. The second-order valence-corrected chi connectivity index (χ2v) is 14.7. The Hall–Kier alpha value is -4.69. The smallest absolute Gasteiger partial charge is 0.407 e. The van der Waals surface area contributed by atoms with Crippen LogP contribution < -0.4 is 25.7 Å². The van der Waals surface area contributed by atoms with Crippen LogP contribution in [-0.4, -0.2) is 89.9 Å². The number of nitrogens with zero attached hydrogens (tertiary/aromatic N) is 3. The minimum Gasteiger partial charge on any atom is -0.492 e. The van der Waals surface area contributed by atoms with E-state index in [0.29, 0.717) is 75.7 Å². The molecule has 0 bridgehead atoms. The zero-order valence-corrected chi connectivity index (χ0v) is 30.3. The van der Waals surface area contributed by atoms with Gasteiger partial charge in [0.1, 0.15) is 28.7 Å². The summed E-state index contributed by atoms with van der Waals surface area (Å²) in [6.45, 7) is 6.26. The van der Waals surface area contributed by atoms with Crippen molar-refractivity contribution >= 4 is 40.5 Å². The number of fused-ring (bicyclic) bond motifs is 1. The van der Waals surface area contributed by atoms with E-state index >= 15 is 8.78 Å². The van der Waals surface area contributed by atoms with E-state index in [1.54, 1.807) is 35.1 Å². The zero-order chi connectivity index (χ0) is 37.7. The van der Waals surface area contributed by atoms with Crippen LogP contribution in [0, 0.1) is 5.82 Å². The van der Waals surface area contributed by atoms with Crippen molar-refractivity contribution in [3.8, 4) is 5.75 Å². The first-order valence-electron chi connectivity index (χ1n) is 18.0. The van der Waals surface area contributed by atoms with Gasteiger partial charge < -0.3 is 39.6 Å². The molecule has 2 aromatic rings. The number of anilines is 1. The number of benzene rings is 1. The number of methoxy groups -OCH3 is 1. The molecule has 2 saturated heterocycles. The minimum atomic E-state index is -1.40. The lowest BCUT2D eigenvalue weighted by molar-refractivity contribution is -0.138. The highest BCUT2D eigenvalue weighted by atomic mass is 19.1. The van der Waals surface area contributed by atoms with Gasteiger partial charge in [0.2, 0.25) is 17.2 Å². The number of amides is 3. The number of nitrogens with one attached hydrogen (secondary N) is 2. The maximum Gasteiger partial charge on any atom is 0.407 e. The average Bonchev–Trinajstić information content (AvgIpc) is 3.82. The molecule has 3 heterocycles. The SMILES string of the molecule is COc1c(N2CCC/C(=C(\F)CNC(=O)[C@@H]3CCCN3C(=O)CCCCCNC(=O)OC(C)(C)C)C2)c(F)cc2c(=O)c(C(=O)O)cn(C3CC3)c12. The number of hydrogen-bond donors (Lipinski definition) is 3. The third-order valence-corrected chi connectivity index (χ3v) is 9.59. The second-order valence-electron chi connectivity index (χ2n) is 14.7. The fourth-order valence-corrected chi connectivity index (χ4v) is 6.98. The number of aromatic carboxylic acids is 1. The maximum absolute atomic E-state index is 15.8. The highest BCUT2D eigenvalue weighted by Crippen LogP contribution is 2.44. The lowest BCUT2D eigenvalue weighted by atomic mass is 10.0. The molecule has 1 aromatic heterocycles. The Morgan fingerprint density at radius 3 is 2.46 bits per heavy atom. The number of rotatable bonds is 13. The van der Waals surface area contributed by atoms with E-state index in [1.165, 1.54) is 13.3 Å². The molecular formula is C37H49F2N5O8. The molecule has 3 amide bonds. The molecule has 2 aliphatic heterocycles. The number of alkyl carbamates (subject to hydrolysis) is 1. The van der Waals surface area contributed by atoms with Gasteiger partial charge in [-0.1, -0.05) is 6.42 Å². The number of carboxylic acid groups (broad SMARTS) is 1. The first-order chi connectivity index (χ1) is 24.7. The molecule has 3 N–H and O–H groups in total. The Balaban J connectivity index is 1.20. The number of halogens is 2. The summed E-state index contributed by atoms with van der Waals surface area (Å²) in [6.07, 6.45) is 6.61. The quantitative estimate of drug-likeness (QED) is 0.236. The van der Waals surface area contributed by atoms with Gasteiger partial charge in [-0.3, -0.25) is 14.4 Å². The normalized spacial score (nSPS) is 18.7. The molecule has 284 valence electrons. The fourth-order valence-electron chi connectivity index (χ4n) is 6.98. The van der Waals surface area contributed by atoms with Gasteiger partial charge >= 0.3 is 12.1 Å². The molecule has 1 aliphatic carbocycles. The van der Waals surface area contributed by atoms with Crippen molar-refractivity contribution in [3.05, 3.63) is 45.3 Å². The number of hydrogen-bond acceptors (Lipinski definition) is 8. The van der Waals surface area contributed by atoms with Crippen LogP contribution >= 0.6 is 0 Å². The third-order valence-electron chi connectivity index (χ3n) is 9.59. The molecule has 1 atom stereocenters. The molecule has 0 unspecified atom stereocenters. The lowest BCUT2D eigenvalue weighted by Gasteiger charge is -2.33. The Morgan fingerprint density at radius 2 is 1.79 bits per heavy atom. The number of carbonyl (C=O) groups is 4. The number of carboxylic acids is 1. The monoisotopic (exact) mass is 729 g/mol. The van der Waals surface area contributed by atoms with E-state index in [2.05, 4.69) is 10.6 Å². The molecule has 1 aromatic carbocycles. The number of piperidine rings is 1. The summed E-state index contributed by atoms with van der Waals surface area (Å²) in [5.41, 5.74) is -1.10. The van der Waals surface area contributed by atoms with Crippen molar-refractivity contribution in [2.24, 2.45) is 0 Å². The topological polar surface area (TPSA) is 160 Å². The molecule has 1 saturated carbocycles. The maximum atomic E-state index is 15.8. The van der Waals surface area contributed by atoms with Crippen LogP contribution in [0.3, 0.4) is 0 Å². The molecule has 0 radical (unpaired) electrons. The Kier molecular flexibility index (Phi) is 12.1. The molecule has 0 spiro atoms. The zero-order valence-electron chi connectivity index (χ0n) is 30.3. The van der Waals surface area contributed by atoms with Crippen LogP contribution in [0.2, 0.25) is 0 Å². The number of unbranched alkanes of at least 4 members (excludes halogenated alkanes) is 2. The Morgan fingerprint density at radius 1 is 1.04 bits per heavy atom. The summed E-state index contributed by atoms with van der Waals surface area (Å²) < 4.78 is 44.1. The number of ether oxygens (including phenoxy) is 2. The Bertz CT molecular complexity index is 1800. The summed E-state index contributed by atoms with van der Waals surface area (Å²) in [5, 5.41) is 14.9. The highest BCUT2D eigenvalue weighted by Gasteiger charge is 2.35. The lowest BCUT2D eigenvalue weighted by Crippen LogP contribution is -2.46. The molecule has 52 heavy (non-hydrogen) atoms. The third kappa shape index (κ3) is 9.02. The van der Waals surface area contributed by atoms with Gasteiger partial charge in [0.05, 0.1) is 24.6 Å². The van der Waals surface area contributed by atoms with Gasteiger partial charge in [0.15, 0.2) is 11.6 Å². The van der Waals surface area contributed by atoms with Crippen molar-refractivity contribution in [3.63, 3.8) is 0 Å². The van der Waals surface area contributed by atoms with E-state index in [-0.39, 0.29) is 48.3 Å². The number of likely N-dealkylation sites (tertiary alicyclic amines) is 1. The van der Waals surface area contributed by atoms with Crippen molar-refractivity contribution in [1.29, 1.82) is 0 Å². The molecular weight excluding hydrogens is 680 g/mol. The van der Waals surface area contributed by atoms with Crippen molar-refractivity contribution in [2.75, 3.05) is 44.7 Å². The summed E-state index contributed by atoms with van der Waals surface area (Å²) in [4.78, 5) is 66.0. The van der Waals surface area contributed by atoms with Crippen LogP contribution in [0.5, 0.6) is 5.75 Å². The fraction of sp³-hybridized carbons (Fsp3) is 0.595. The van der Waals surface area contributed by atoms with Gasteiger partial charge in [0, 0.05) is 44.8 Å². The predicted molar refractivity (Wildman–Crippen MR) is 190 cm³/mol. The second kappa shape index (κ2) is 16.3. The minimum absolute atomic E-state index is 0.0166. The Labute approximate surface area is 301 Å². The van der Waals surface area contributed by atoms with Crippen molar-refractivity contribution in [2.45, 2.75) is 103 Å². The number of pyridine rings is 1. The van der Waals surface area contributed by atoms with Crippen LogP contribution in [0.15, 0.2) is 28.5 Å². The standard InChI is InChI=1S/C37H49F2N5O8/c1-37(2,3)52-36(50)40-15-7-5-6-12-29(45)43-17-9-11-28(43)34(47)41-19-27(39)22-10-8-16-42(20-22)31-26(38)18-24-30(33(31)51-4)44(23-13-14-23)21-25(32(24)46)35(48)49/h18,21,23,28H,5-17,19-20H2,1-4H3,(H,40,50)(H,41,47)(H,48,49)/b27-22+/t28-/m0/s1. The van der Waals surface area contributed by atoms with Gasteiger partial charge in [-0.2, -0.15) is 0 Å². The summed E-state index contributed by atoms with van der Waals surface area (Å²) in [7, 11) is 1.35. The van der Waals surface area contributed by atoms with Gasteiger partial charge in [-0.15, -0.1) is 0 Å². The van der Waals surface area contributed by atoms with Gasteiger partial charge in [-0.05, 0) is 83.8 Å². The van der Waals surface area contributed by atoms with Gasteiger partial charge in [0.25, 0.3) is 0 Å². The van der Waals surface area contributed by atoms with Gasteiger partial charge in [-0.25, -0.2) is 18.4 Å². The van der Waals surface area contributed by atoms with Crippen LogP contribution in [0.4, 0.5) is 19.3 Å².